The van der Waals surface area contributed by atoms with Crippen LogP contribution in [0.1, 0.15) is 219 Å². The summed E-state index contributed by atoms with van der Waals surface area (Å²) in [5.74, 6) is 1.51. The van der Waals surface area contributed by atoms with Gasteiger partial charge in [-0.05, 0) is 36.7 Å². The number of hydrogen-bond acceptors (Lipinski definition) is 8. The molecule has 56 heavy (non-hydrogen) atoms. The van der Waals surface area contributed by atoms with Crippen LogP contribution in [0.25, 0.3) is 0 Å². The molecule has 0 radical (unpaired) electrons. The van der Waals surface area contributed by atoms with Gasteiger partial charge < -0.3 is 9.80 Å². The molecule has 2 heterocycles. The predicted octanol–water partition coefficient (Wildman–Crippen LogP) is 13.6. The zero-order valence-electron chi connectivity index (χ0n) is 37.0. The molecule has 0 bridgehead atoms. The number of para-hydroxylation sites is 2. The summed E-state index contributed by atoms with van der Waals surface area (Å²) in [7, 11) is 4.27. The highest BCUT2D eigenvalue weighted by Gasteiger charge is 2.18. The maximum atomic E-state index is 4.99. The molecule has 0 unspecified atom stereocenters. The molecule has 1 aliphatic heterocycles. The topological polar surface area (TPSA) is 69.9 Å². The van der Waals surface area contributed by atoms with Crippen molar-refractivity contribution in [3.63, 3.8) is 0 Å². The number of nitrogens with zero attached hydrogens (tertiary/aromatic N) is 7. The largest absolute Gasteiger partial charge is 0.344 e. The summed E-state index contributed by atoms with van der Waals surface area (Å²) in [6.07, 6.45) is 44.3. The van der Waals surface area contributed by atoms with Crippen molar-refractivity contribution in [2.45, 2.75) is 230 Å². The Morgan fingerprint density at radius 1 is 0.411 bits per heavy atom. The van der Waals surface area contributed by atoms with Crippen LogP contribution < -0.4 is 20.5 Å². The zero-order chi connectivity index (χ0) is 39.7. The lowest BCUT2D eigenvalue weighted by molar-refractivity contribution is 0.529. The van der Waals surface area contributed by atoms with Crippen LogP contribution in [0.2, 0.25) is 0 Å². The van der Waals surface area contributed by atoms with Gasteiger partial charge in [0.1, 0.15) is 0 Å². The molecule has 1 aromatic carbocycles. The van der Waals surface area contributed by atoms with Gasteiger partial charge in [0.2, 0.25) is 11.9 Å². The number of hydrogen-bond donors (Lipinski definition) is 0. The summed E-state index contributed by atoms with van der Waals surface area (Å²) >= 11 is 1.52. The normalized spacial score (nSPS) is 12.5. The van der Waals surface area contributed by atoms with Gasteiger partial charge >= 0.3 is 0 Å². The Hall–Kier alpha value is -2.22. The lowest BCUT2D eigenvalue weighted by Gasteiger charge is -2.22. The van der Waals surface area contributed by atoms with Crippen LogP contribution in [-0.2, 0) is 0 Å². The Bertz CT molecular complexity index is 1260. The van der Waals surface area contributed by atoms with E-state index in [1.165, 1.54) is 204 Å². The molecule has 0 atom stereocenters. The third kappa shape index (κ3) is 22.6. The molecular weight excluding hydrogens is 707 g/mol. The number of fused-ring (bicyclic) bond motifs is 1. The summed E-state index contributed by atoms with van der Waals surface area (Å²) in [5.41, 5.74) is -0.258. The van der Waals surface area contributed by atoms with Crippen molar-refractivity contribution in [2.24, 2.45) is 9.98 Å². The number of thioether (sulfide) groups is 1. The Labute approximate surface area is 349 Å². The molecule has 1 aliphatic rings. The second kappa shape index (κ2) is 32.7. The quantitative estimate of drug-likeness (QED) is 0.0631. The number of benzene rings is 1. The van der Waals surface area contributed by atoms with Gasteiger partial charge in [0.25, 0.3) is 0 Å². The fourth-order valence-corrected chi connectivity index (χ4v) is 8.61. The van der Waals surface area contributed by atoms with E-state index in [0.717, 1.165) is 48.5 Å². The summed E-state index contributed by atoms with van der Waals surface area (Å²) in [5, 5.41) is 2.59. The van der Waals surface area contributed by atoms with Crippen LogP contribution in [0.5, 0.6) is 0 Å². The van der Waals surface area contributed by atoms with Crippen LogP contribution in [-0.4, -0.2) is 47.6 Å². The monoisotopic (exact) mass is 792 g/mol. The van der Waals surface area contributed by atoms with Crippen LogP contribution in [0.4, 0.5) is 11.9 Å². The Morgan fingerprint density at radius 2 is 0.696 bits per heavy atom. The van der Waals surface area contributed by atoms with Crippen molar-refractivity contribution >= 4 is 23.7 Å². The number of aromatic nitrogens is 3. The minimum atomic E-state index is -0.258. The minimum absolute atomic E-state index is 0.258. The van der Waals surface area contributed by atoms with Gasteiger partial charge in [0.05, 0.1) is 10.7 Å². The zero-order valence-corrected chi connectivity index (χ0v) is 37.8. The van der Waals surface area contributed by atoms with Gasteiger partial charge in [-0.1, -0.05) is 219 Å². The number of unbranched alkanes of at least 4 members (excludes halogenated alkanes) is 30. The van der Waals surface area contributed by atoms with Crippen LogP contribution in [0, 0.1) is 0 Å². The number of rotatable bonds is 38. The van der Waals surface area contributed by atoms with E-state index in [2.05, 4.69) is 37.7 Å². The van der Waals surface area contributed by atoms with Gasteiger partial charge in [-0.25, -0.2) is 9.98 Å². The molecule has 0 fully saturated rings. The fraction of sp³-hybridized carbons (Fsp3) is 0.812. The predicted molar refractivity (Wildman–Crippen MR) is 244 cm³/mol. The third-order valence-electron chi connectivity index (χ3n) is 11.6. The standard InChI is InChI=1S/C48H85N7S/c1-5-7-9-11-13-15-17-19-21-23-25-27-29-31-33-37-41-54(3)45-51-46(53-48(52-45)56-47-49-43-39-35-36-40-44(43)50-47)55(4)42-38-34-32-30-28-26-24-22-20-18-16-14-12-10-8-6-2/h35-36,39-40,47H,5-34,37-38,41-42H2,1-4H3. The first-order valence-corrected chi connectivity index (χ1v) is 24.8. The van der Waals surface area contributed by atoms with E-state index in [1.54, 1.807) is 0 Å². The number of anilines is 2. The van der Waals surface area contributed by atoms with Crippen LogP contribution >= 0.6 is 11.8 Å². The summed E-state index contributed by atoms with van der Waals surface area (Å²) in [4.78, 5) is 28.9. The second-order valence-electron chi connectivity index (χ2n) is 16.9. The van der Waals surface area contributed by atoms with Crippen LogP contribution in [0.15, 0.2) is 39.4 Å². The molecule has 0 saturated carbocycles. The van der Waals surface area contributed by atoms with Crippen molar-refractivity contribution in [1.29, 1.82) is 0 Å². The van der Waals surface area contributed by atoms with Crippen molar-refractivity contribution in [1.82, 2.24) is 15.0 Å². The maximum absolute atomic E-state index is 4.99. The van der Waals surface area contributed by atoms with E-state index < -0.39 is 0 Å². The van der Waals surface area contributed by atoms with Gasteiger partial charge in [-0.2, -0.15) is 15.0 Å². The average molecular weight is 792 g/mol. The van der Waals surface area contributed by atoms with E-state index in [0.29, 0.717) is 5.16 Å². The van der Waals surface area contributed by atoms with Crippen LogP contribution in [0.3, 0.4) is 0 Å². The van der Waals surface area contributed by atoms with Gasteiger partial charge in [-0.3, -0.25) is 0 Å². The molecule has 0 N–H and O–H groups in total. The lowest BCUT2D eigenvalue weighted by atomic mass is 10.0. The Morgan fingerprint density at radius 3 is 1.00 bits per heavy atom. The first-order chi connectivity index (χ1) is 27.6. The van der Waals surface area contributed by atoms with E-state index >= 15 is 0 Å². The van der Waals surface area contributed by atoms with Gasteiger partial charge in [0.15, 0.2) is 10.7 Å². The molecule has 3 rings (SSSR count). The molecule has 8 heteroatoms. The highest BCUT2D eigenvalue weighted by Crippen LogP contribution is 2.26. The Balaban J connectivity index is 1.33. The molecule has 318 valence electrons. The smallest absolute Gasteiger partial charge is 0.230 e. The molecule has 0 spiro atoms. The first-order valence-electron chi connectivity index (χ1n) is 24.0. The molecule has 0 amide bonds. The highest BCUT2D eigenvalue weighted by molar-refractivity contribution is 7.99. The average Bonchev–Trinajstić information content (AvgIpc) is 3.62. The SMILES string of the molecule is CCCCCCCCCCCCCCCCCCN(C)c1nc(SC2N=c3ccccc3=N2)nc(N(C)CCCCCCCCCCCCCCCCCC)n1. The van der Waals surface area contributed by atoms with E-state index in [1.807, 2.05) is 24.3 Å². The summed E-state index contributed by atoms with van der Waals surface area (Å²) in [6.45, 7) is 6.51. The van der Waals surface area contributed by atoms with Crippen molar-refractivity contribution in [3.05, 3.63) is 35.0 Å². The molecule has 7 nitrogen and oxygen atoms in total. The molecule has 2 aromatic rings. The van der Waals surface area contributed by atoms with E-state index in [-0.39, 0.29) is 5.50 Å². The van der Waals surface area contributed by atoms with Gasteiger partial charge in [0, 0.05) is 27.2 Å². The highest BCUT2D eigenvalue weighted by atomic mass is 32.2. The van der Waals surface area contributed by atoms with E-state index in [4.69, 9.17) is 24.9 Å². The molecule has 1 aromatic heterocycles. The summed E-state index contributed by atoms with van der Waals surface area (Å²) < 4.78 is 0. The second-order valence-corrected chi connectivity index (χ2v) is 17.9. The molecule has 0 saturated heterocycles. The molecular formula is C48H85N7S. The third-order valence-corrected chi connectivity index (χ3v) is 12.4. The minimum Gasteiger partial charge on any atom is -0.344 e. The Kier molecular flexibility index (Phi) is 28.1. The first kappa shape index (κ1) is 48.2. The van der Waals surface area contributed by atoms with E-state index in [9.17, 15) is 0 Å². The lowest BCUT2D eigenvalue weighted by Crippen LogP contribution is -2.26. The summed E-state index contributed by atoms with van der Waals surface area (Å²) in [6, 6.07) is 8.10. The van der Waals surface area contributed by atoms with Crippen molar-refractivity contribution < 1.29 is 0 Å². The van der Waals surface area contributed by atoms with Crippen molar-refractivity contribution in [3.8, 4) is 0 Å². The molecule has 0 aliphatic carbocycles. The van der Waals surface area contributed by atoms with Gasteiger partial charge in [-0.15, -0.1) is 0 Å². The fourth-order valence-electron chi connectivity index (χ4n) is 7.82. The van der Waals surface area contributed by atoms with Crippen molar-refractivity contribution in [2.75, 3.05) is 37.0 Å². The maximum Gasteiger partial charge on any atom is 0.230 e.